The van der Waals surface area contributed by atoms with Crippen LogP contribution in [0.4, 0.5) is 5.95 Å². The molecule has 26 heavy (non-hydrogen) atoms. The molecule has 1 aromatic carbocycles. The Morgan fingerprint density at radius 2 is 1.92 bits per heavy atom. The van der Waals surface area contributed by atoms with Gasteiger partial charge in [-0.25, -0.2) is 9.97 Å². The molecule has 0 radical (unpaired) electrons. The van der Waals surface area contributed by atoms with Crippen LogP contribution >= 0.6 is 0 Å². The van der Waals surface area contributed by atoms with Gasteiger partial charge >= 0.3 is 0 Å². The molecule has 0 aliphatic heterocycles. The number of ether oxygens (including phenoxy) is 1. The fraction of sp³-hybridized carbons (Fsp3) is 0.450. The fourth-order valence-electron chi connectivity index (χ4n) is 3.19. The molecule has 0 atom stereocenters. The van der Waals surface area contributed by atoms with Crippen molar-refractivity contribution < 1.29 is 9.53 Å². The molecular formula is C20H26N4O2. The smallest absolute Gasteiger partial charge is 0.270 e. The van der Waals surface area contributed by atoms with Gasteiger partial charge in [-0.05, 0) is 43.0 Å². The molecule has 1 aliphatic rings. The van der Waals surface area contributed by atoms with Crippen molar-refractivity contribution in [2.45, 2.75) is 44.6 Å². The molecule has 1 fully saturated rings. The minimum absolute atomic E-state index is 0.174. The molecule has 1 aliphatic carbocycles. The average molecular weight is 354 g/mol. The molecule has 0 spiro atoms. The summed E-state index contributed by atoms with van der Waals surface area (Å²) in [4.78, 5) is 20.9. The van der Waals surface area contributed by atoms with Crippen molar-refractivity contribution in [1.29, 1.82) is 0 Å². The van der Waals surface area contributed by atoms with Crippen LogP contribution in [-0.4, -0.2) is 35.6 Å². The Kier molecular flexibility index (Phi) is 6.41. The second-order valence-corrected chi connectivity index (χ2v) is 6.60. The first-order chi connectivity index (χ1) is 12.7. The van der Waals surface area contributed by atoms with Crippen LogP contribution in [0, 0.1) is 0 Å². The zero-order chi connectivity index (χ0) is 18.2. The van der Waals surface area contributed by atoms with Gasteiger partial charge in [-0.3, -0.25) is 4.79 Å². The molecule has 1 heterocycles. The van der Waals surface area contributed by atoms with Crippen LogP contribution in [0.2, 0.25) is 0 Å². The van der Waals surface area contributed by atoms with E-state index in [4.69, 9.17) is 4.74 Å². The molecule has 0 unspecified atom stereocenters. The van der Waals surface area contributed by atoms with Crippen LogP contribution in [0.15, 0.2) is 36.5 Å². The monoisotopic (exact) mass is 354 g/mol. The molecule has 1 amide bonds. The number of benzene rings is 1. The van der Waals surface area contributed by atoms with Crippen LogP contribution in [0.3, 0.4) is 0 Å². The highest BCUT2D eigenvalue weighted by Gasteiger charge is 2.15. The van der Waals surface area contributed by atoms with E-state index in [0.29, 0.717) is 24.2 Å². The number of methoxy groups -OCH3 is 1. The number of amides is 1. The summed E-state index contributed by atoms with van der Waals surface area (Å²) in [6.07, 6.45) is 8.45. The standard InChI is InChI=1S/C20H26N4O2/c1-26-17-9-7-15(8-10-17)11-13-21-19(25)18-12-14-22-20(24-18)23-16-5-3-2-4-6-16/h7-10,12,14,16H,2-6,11,13H2,1H3,(H,21,25)(H,22,23,24). The quantitative estimate of drug-likeness (QED) is 0.798. The highest BCUT2D eigenvalue weighted by Crippen LogP contribution is 2.20. The van der Waals surface area contributed by atoms with Crippen molar-refractivity contribution in [2.75, 3.05) is 19.0 Å². The molecule has 138 valence electrons. The van der Waals surface area contributed by atoms with E-state index in [0.717, 1.165) is 30.6 Å². The Morgan fingerprint density at radius 3 is 2.65 bits per heavy atom. The van der Waals surface area contributed by atoms with Gasteiger partial charge in [0.15, 0.2) is 0 Å². The third-order valence-electron chi connectivity index (χ3n) is 4.68. The van der Waals surface area contributed by atoms with Gasteiger partial charge in [-0.2, -0.15) is 0 Å². The number of hydrogen-bond acceptors (Lipinski definition) is 5. The number of nitrogens with one attached hydrogen (secondary N) is 2. The molecular weight excluding hydrogens is 328 g/mol. The number of nitrogens with zero attached hydrogens (tertiary/aromatic N) is 2. The molecule has 0 bridgehead atoms. The topological polar surface area (TPSA) is 76.1 Å². The summed E-state index contributed by atoms with van der Waals surface area (Å²) in [7, 11) is 1.65. The molecule has 1 aromatic heterocycles. The van der Waals surface area contributed by atoms with Gasteiger partial charge < -0.3 is 15.4 Å². The van der Waals surface area contributed by atoms with Gasteiger partial charge in [0.25, 0.3) is 5.91 Å². The van der Waals surface area contributed by atoms with Crippen molar-refractivity contribution >= 4 is 11.9 Å². The van der Waals surface area contributed by atoms with Gasteiger partial charge in [0.1, 0.15) is 11.4 Å². The van der Waals surface area contributed by atoms with Crippen LogP contribution in [0.25, 0.3) is 0 Å². The van der Waals surface area contributed by atoms with Gasteiger partial charge in [0, 0.05) is 18.8 Å². The first kappa shape index (κ1) is 18.2. The summed E-state index contributed by atoms with van der Waals surface area (Å²) in [6.45, 7) is 0.556. The number of carbonyl (C=O) groups excluding carboxylic acids is 1. The Labute approximate surface area is 154 Å². The van der Waals surface area contributed by atoms with E-state index < -0.39 is 0 Å². The van der Waals surface area contributed by atoms with Gasteiger partial charge in [0.2, 0.25) is 5.95 Å². The van der Waals surface area contributed by atoms with Gasteiger partial charge in [-0.15, -0.1) is 0 Å². The zero-order valence-corrected chi connectivity index (χ0v) is 15.2. The minimum atomic E-state index is -0.174. The first-order valence-corrected chi connectivity index (χ1v) is 9.25. The van der Waals surface area contributed by atoms with E-state index in [-0.39, 0.29) is 5.91 Å². The molecule has 6 heteroatoms. The number of anilines is 1. The Hall–Kier alpha value is -2.63. The van der Waals surface area contributed by atoms with Gasteiger partial charge in [0.05, 0.1) is 7.11 Å². The van der Waals surface area contributed by atoms with Crippen LogP contribution in [0.5, 0.6) is 5.75 Å². The largest absolute Gasteiger partial charge is 0.497 e. The van der Waals surface area contributed by atoms with Crippen molar-refractivity contribution in [3.05, 3.63) is 47.8 Å². The van der Waals surface area contributed by atoms with E-state index in [1.807, 2.05) is 24.3 Å². The lowest BCUT2D eigenvalue weighted by Gasteiger charge is -2.22. The van der Waals surface area contributed by atoms with E-state index in [1.165, 1.54) is 19.3 Å². The summed E-state index contributed by atoms with van der Waals surface area (Å²) in [6, 6.07) is 9.91. The predicted octanol–water partition coefficient (Wildman–Crippen LogP) is 3.20. The Bertz CT molecular complexity index is 712. The lowest BCUT2D eigenvalue weighted by atomic mass is 9.96. The van der Waals surface area contributed by atoms with Crippen molar-refractivity contribution in [3.8, 4) is 5.75 Å². The van der Waals surface area contributed by atoms with Crippen molar-refractivity contribution in [1.82, 2.24) is 15.3 Å². The normalized spacial score (nSPS) is 14.7. The number of hydrogen-bond donors (Lipinski definition) is 2. The maximum absolute atomic E-state index is 12.3. The van der Waals surface area contributed by atoms with E-state index in [9.17, 15) is 4.79 Å². The summed E-state index contributed by atoms with van der Waals surface area (Å²) in [5, 5.41) is 6.27. The highest BCUT2D eigenvalue weighted by atomic mass is 16.5. The molecule has 0 saturated heterocycles. The van der Waals surface area contributed by atoms with Crippen molar-refractivity contribution in [3.63, 3.8) is 0 Å². The second-order valence-electron chi connectivity index (χ2n) is 6.60. The van der Waals surface area contributed by atoms with Crippen LogP contribution < -0.4 is 15.4 Å². The van der Waals surface area contributed by atoms with Crippen molar-refractivity contribution in [2.24, 2.45) is 0 Å². The number of rotatable bonds is 7. The maximum atomic E-state index is 12.3. The number of carbonyl (C=O) groups is 1. The second kappa shape index (κ2) is 9.17. The van der Waals surface area contributed by atoms with E-state index in [2.05, 4.69) is 20.6 Å². The fourth-order valence-corrected chi connectivity index (χ4v) is 3.19. The summed E-state index contributed by atoms with van der Waals surface area (Å²) < 4.78 is 5.15. The summed E-state index contributed by atoms with van der Waals surface area (Å²) >= 11 is 0. The maximum Gasteiger partial charge on any atom is 0.270 e. The SMILES string of the molecule is COc1ccc(CCNC(=O)c2ccnc(NC3CCCCC3)n2)cc1. The summed E-state index contributed by atoms with van der Waals surface area (Å²) in [5.41, 5.74) is 1.54. The minimum Gasteiger partial charge on any atom is -0.497 e. The lowest BCUT2D eigenvalue weighted by molar-refractivity contribution is 0.0949. The highest BCUT2D eigenvalue weighted by molar-refractivity contribution is 5.92. The Balaban J connectivity index is 1.49. The predicted molar refractivity (Wildman–Crippen MR) is 102 cm³/mol. The van der Waals surface area contributed by atoms with Crippen LogP contribution in [-0.2, 0) is 6.42 Å². The third kappa shape index (κ3) is 5.18. The molecule has 2 aromatic rings. The first-order valence-electron chi connectivity index (χ1n) is 9.25. The average Bonchev–Trinajstić information content (AvgIpc) is 2.69. The molecule has 6 nitrogen and oxygen atoms in total. The van der Waals surface area contributed by atoms with Crippen LogP contribution in [0.1, 0.15) is 48.2 Å². The lowest BCUT2D eigenvalue weighted by Crippen LogP contribution is -2.28. The molecule has 3 rings (SSSR count). The Morgan fingerprint density at radius 1 is 1.15 bits per heavy atom. The van der Waals surface area contributed by atoms with Gasteiger partial charge in [-0.1, -0.05) is 31.4 Å². The molecule has 2 N–H and O–H groups in total. The molecule has 1 saturated carbocycles. The summed E-state index contributed by atoms with van der Waals surface area (Å²) in [5.74, 6) is 1.20. The van der Waals surface area contributed by atoms with E-state index in [1.54, 1.807) is 19.4 Å². The number of aromatic nitrogens is 2. The zero-order valence-electron chi connectivity index (χ0n) is 15.2. The third-order valence-corrected chi connectivity index (χ3v) is 4.68. The van der Waals surface area contributed by atoms with E-state index >= 15 is 0 Å².